The molecule has 0 aliphatic rings. The molecule has 3 N–H and O–H groups in total. The Morgan fingerprint density at radius 1 is 1.47 bits per heavy atom. The van der Waals surface area contributed by atoms with E-state index in [9.17, 15) is 4.79 Å². The van der Waals surface area contributed by atoms with Crippen LogP contribution in [-0.4, -0.2) is 17.6 Å². The van der Waals surface area contributed by atoms with Crippen molar-refractivity contribution in [1.29, 1.82) is 0 Å². The third kappa shape index (κ3) is 5.83. The summed E-state index contributed by atoms with van der Waals surface area (Å²) < 4.78 is 5.26. The number of nitrogen functional groups attached to an aromatic ring is 1. The molecule has 0 aliphatic heterocycles. The second-order valence-electron chi connectivity index (χ2n) is 5.57. The highest BCUT2D eigenvalue weighted by Crippen LogP contribution is 2.23. The minimum atomic E-state index is -0.457. The van der Waals surface area contributed by atoms with Crippen molar-refractivity contribution in [2.45, 2.75) is 45.8 Å². The number of carbonyl (C=O) groups excluding carboxylic acids is 1. The molecule has 1 aromatic carbocycles. The summed E-state index contributed by atoms with van der Waals surface area (Å²) in [5.74, 6) is -0.228. The van der Waals surface area contributed by atoms with Crippen molar-refractivity contribution in [2.24, 2.45) is 0 Å². The predicted octanol–water partition coefficient (Wildman–Crippen LogP) is 3.45. The normalized spacial score (nSPS) is 12.9. The van der Waals surface area contributed by atoms with Gasteiger partial charge in [0.1, 0.15) is 5.60 Å². The highest BCUT2D eigenvalue weighted by atomic mass is 35.5. The molecule has 0 spiro atoms. The molecule has 0 amide bonds. The number of nitrogens with one attached hydrogen (secondary N) is 1. The van der Waals surface area contributed by atoms with Crippen LogP contribution in [0, 0.1) is 0 Å². The van der Waals surface area contributed by atoms with E-state index >= 15 is 0 Å². The molecule has 0 heterocycles. The van der Waals surface area contributed by atoms with Crippen molar-refractivity contribution in [3.05, 3.63) is 23.2 Å². The molecule has 0 radical (unpaired) electrons. The minimum absolute atomic E-state index is 0.0467. The van der Waals surface area contributed by atoms with Gasteiger partial charge >= 0.3 is 5.97 Å². The average molecular weight is 285 g/mol. The Labute approximate surface area is 119 Å². The van der Waals surface area contributed by atoms with Crippen LogP contribution in [0.15, 0.2) is 18.2 Å². The Morgan fingerprint density at radius 3 is 2.63 bits per heavy atom. The summed E-state index contributed by atoms with van der Waals surface area (Å²) in [5.41, 5.74) is 6.54. The zero-order chi connectivity index (χ0) is 14.6. The summed E-state index contributed by atoms with van der Waals surface area (Å²) >= 11 is 5.93. The SMILES string of the molecule is C[C@H](CC(=O)OC(C)(C)C)Nc1ccc(N)c(Cl)c1. The van der Waals surface area contributed by atoms with Gasteiger partial charge in [0.15, 0.2) is 0 Å². The van der Waals surface area contributed by atoms with E-state index in [1.165, 1.54) is 0 Å². The molecule has 106 valence electrons. The number of hydrogen-bond donors (Lipinski definition) is 2. The summed E-state index contributed by atoms with van der Waals surface area (Å²) in [7, 11) is 0. The molecule has 0 aliphatic carbocycles. The lowest BCUT2D eigenvalue weighted by molar-refractivity contribution is -0.154. The molecule has 1 atom stereocenters. The Kier molecular flexibility index (Phi) is 5.06. The van der Waals surface area contributed by atoms with Gasteiger partial charge in [-0.2, -0.15) is 0 Å². The monoisotopic (exact) mass is 284 g/mol. The molecule has 0 aromatic heterocycles. The topological polar surface area (TPSA) is 64.3 Å². The van der Waals surface area contributed by atoms with Crippen LogP contribution in [0.1, 0.15) is 34.1 Å². The number of nitrogens with two attached hydrogens (primary N) is 1. The lowest BCUT2D eigenvalue weighted by atomic mass is 10.1. The van der Waals surface area contributed by atoms with Gasteiger partial charge in [0.25, 0.3) is 0 Å². The zero-order valence-corrected chi connectivity index (χ0v) is 12.5. The lowest BCUT2D eigenvalue weighted by Gasteiger charge is -2.21. The van der Waals surface area contributed by atoms with E-state index in [4.69, 9.17) is 22.1 Å². The zero-order valence-electron chi connectivity index (χ0n) is 11.8. The second kappa shape index (κ2) is 6.15. The fourth-order valence-electron chi connectivity index (χ4n) is 1.59. The van der Waals surface area contributed by atoms with Crippen LogP contribution in [-0.2, 0) is 9.53 Å². The molecule has 5 heteroatoms. The van der Waals surface area contributed by atoms with Crippen LogP contribution in [0.25, 0.3) is 0 Å². The van der Waals surface area contributed by atoms with E-state index in [-0.39, 0.29) is 12.0 Å². The summed E-state index contributed by atoms with van der Waals surface area (Å²) in [4.78, 5) is 11.7. The predicted molar refractivity (Wildman–Crippen MR) is 79.4 cm³/mol. The van der Waals surface area contributed by atoms with Crippen molar-refractivity contribution in [2.75, 3.05) is 11.1 Å². The van der Waals surface area contributed by atoms with Crippen LogP contribution in [0.4, 0.5) is 11.4 Å². The van der Waals surface area contributed by atoms with Crippen molar-refractivity contribution in [3.8, 4) is 0 Å². The van der Waals surface area contributed by atoms with Crippen molar-refractivity contribution >= 4 is 28.9 Å². The molecule has 0 saturated carbocycles. The van der Waals surface area contributed by atoms with Gasteiger partial charge in [0.05, 0.1) is 17.1 Å². The molecule has 19 heavy (non-hydrogen) atoms. The Balaban J connectivity index is 2.53. The van der Waals surface area contributed by atoms with Crippen LogP contribution in [0.5, 0.6) is 0 Å². The second-order valence-corrected chi connectivity index (χ2v) is 5.98. The highest BCUT2D eigenvalue weighted by molar-refractivity contribution is 6.33. The van der Waals surface area contributed by atoms with Gasteiger partial charge in [0, 0.05) is 11.7 Å². The van der Waals surface area contributed by atoms with Crippen molar-refractivity contribution in [3.63, 3.8) is 0 Å². The van der Waals surface area contributed by atoms with Gasteiger partial charge < -0.3 is 15.8 Å². The minimum Gasteiger partial charge on any atom is -0.460 e. The van der Waals surface area contributed by atoms with Crippen LogP contribution >= 0.6 is 11.6 Å². The molecular formula is C14H21ClN2O2. The molecule has 0 saturated heterocycles. The van der Waals surface area contributed by atoms with Gasteiger partial charge in [0.2, 0.25) is 0 Å². The molecular weight excluding hydrogens is 264 g/mol. The fraction of sp³-hybridized carbons (Fsp3) is 0.500. The van der Waals surface area contributed by atoms with Gasteiger partial charge in [-0.05, 0) is 45.9 Å². The van der Waals surface area contributed by atoms with E-state index in [1.807, 2.05) is 33.8 Å². The van der Waals surface area contributed by atoms with E-state index in [0.29, 0.717) is 17.1 Å². The van der Waals surface area contributed by atoms with E-state index in [0.717, 1.165) is 5.69 Å². The molecule has 0 bridgehead atoms. The number of anilines is 2. The van der Waals surface area contributed by atoms with E-state index in [1.54, 1.807) is 12.1 Å². The Bertz CT molecular complexity index is 455. The van der Waals surface area contributed by atoms with Crippen LogP contribution < -0.4 is 11.1 Å². The Morgan fingerprint density at radius 2 is 2.11 bits per heavy atom. The summed E-state index contributed by atoms with van der Waals surface area (Å²) in [6, 6.07) is 5.25. The van der Waals surface area contributed by atoms with Gasteiger partial charge in [-0.3, -0.25) is 4.79 Å². The van der Waals surface area contributed by atoms with Gasteiger partial charge in [-0.1, -0.05) is 11.6 Å². The largest absolute Gasteiger partial charge is 0.460 e. The Hall–Kier alpha value is -1.42. The first-order valence-corrected chi connectivity index (χ1v) is 6.58. The number of hydrogen-bond acceptors (Lipinski definition) is 4. The molecule has 4 nitrogen and oxygen atoms in total. The number of carbonyl (C=O) groups is 1. The average Bonchev–Trinajstić information content (AvgIpc) is 2.20. The number of rotatable bonds is 4. The van der Waals surface area contributed by atoms with E-state index < -0.39 is 5.60 Å². The van der Waals surface area contributed by atoms with Crippen LogP contribution in [0.3, 0.4) is 0 Å². The summed E-state index contributed by atoms with van der Waals surface area (Å²) in [6.07, 6.45) is 0.291. The van der Waals surface area contributed by atoms with Crippen LogP contribution in [0.2, 0.25) is 5.02 Å². The quantitative estimate of drug-likeness (QED) is 0.656. The smallest absolute Gasteiger partial charge is 0.308 e. The fourth-order valence-corrected chi connectivity index (χ4v) is 1.77. The molecule has 1 aromatic rings. The molecule has 1 rings (SSSR count). The highest BCUT2D eigenvalue weighted by Gasteiger charge is 2.18. The van der Waals surface area contributed by atoms with Gasteiger partial charge in [-0.15, -0.1) is 0 Å². The maximum Gasteiger partial charge on any atom is 0.308 e. The summed E-state index contributed by atoms with van der Waals surface area (Å²) in [5, 5.41) is 3.68. The lowest BCUT2D eigenvalue weighted by Crippen LogP contribution is -2.28. The number of esters is 1. The standard InChI is InChI=1S/C14H21ClN2O2/c1-9(7-13(18)19-14(2,3)4)17-10-5-6-12(16)11(15)8-10/h5-6,8-9,17H,7,16H2,1-4H3/t9-/m1/s1. The number of benzene rings is 1. The maximum atomic E-state index is 11.7. The van der Waals surface area contributed by atoms with Gasteiger partial charge in [-0.25, -0.2) is 0 Å². The third-order valence-electron chi connectivity index (χ3n) is 2.31. The molecule has 0 unspecified atom stereocenters. The number of ether oxygens (including phenoxy) is 1. The first-order chi connectivity index (χ1) is 8.67. The first-order valence-electron chi connectivity index (χ1n) is 6.21. The third-order valence-corrected chi connectivity index (χ3v) is 2.63. The van der Waals surface area contributed by atoms with Crippen molar-refractivity contribution < 1.29 is 9.53 Å². The van der Waals surface area contributed by atoms with E-state index in [2.05, 4.69) is 5.32 Å². The first kappa shape index (κ1) is 15.6. The maximum absolute atomic E-state index is 11.7. The summed E-state index contributed by atoms with van der Waals surface area (Å²) in [6.45, 7) is 7.46. The number of halogens is 1. The molecule has 0 fully saturated rings. The van der Waals surface area contributed by atoms with Crippen molar-refractivity contribution in [1.82, 2.24) is 0 Å².